The Hall–Kier alpha value is -2.86. The lowest BCUT2D eigenvalue weighted by Crippen LogP contribution is -2.16. The fourth-order valence-corrected chi connectivity index (χ4v) is 3.36. The summed E-state index contributed by atoms with van der Waals surface area (Å²) in [4.78, 5) is -1.38. The number of nitrogens with two attached hydrogens (primary N) is 1. The molecule has 0 spiro atoms. The van der Waals surface area contributed by atoms with E-state index in [4.69, 9.17) is 9.66 Å². The van der Waals surface area contributed by atoms with Crippen molar-refractivity contribution in [3.63, 3.8) is 0 Å². The first-order chi connectivity index (χ1) is 13.4. The molecule has 2 N–H and O–H groups in total. The van der Waals surface area contributed by atoms with Crippen LogP contribution in [0.4, 0.5) is 26.3 Å². The van der Waals surface area contributed by atoms with Crippen LogP contribution in [0.5, 0.6) is 0 Å². The zero-order valence-corrected chi connectivity index (χ0v) is 14.9. The summed E-state index contributed by atoms with van der Waals surface area (Å²) in [6.45, 7) is -1.25. The van der Waals surface area contributed by atoms with E-state index in [0.29, 0.717) is 12.1 Å². The van der Waals surface area contributed by atoms with E-state index in [1.165, 1.54) is 0 Å². The maximum Gasteiger partial charge on any atom is 0.416 e. The molecule has 5 nitrogen and oxygen atoms in total. The maximum atomic E-state index is 14.2. The molecule has 0 unspecified atom stereocenters. The molecule has 29 heavy (non-hydrogen) atoms. The Morgan fingerprint density at radius 2 is 1.55 bits per heavy atom. The second-order valence-electron chi connectivity index (χ2n) is 5.85. The summed E-state index contributed by atoms with van der Waals surface area (Å²) in [6.07, 6.45) is -4.59. The second-order valence-corrected chi connectivity index (χ2v) is 7.35. The number of benzene rings is 2. The zero-order valence-electron chi connectivity index (χ0n) is 14.1. The van der Waals surface area contributed by atoms with E-state index in [1.807, 2.05) is 0 Å². The van der Waals surface area contributed by atoms with Crippen LogP contribution in [0.1, 0.15) is 11.3 Å². The van der Waals surface area contributed by atoms with Gasteiger partial charge < -0.3 is 4.52 Å². The molecule has 1 aromatic heterocycles. The standard InChI is InChI=1S/C17H10F6N2O3S/c18-7-13-14(9-5-11(19)16(12(20)6-9)29(24,26)27)15(25-28-13)8-1-3-10(4-2-8)17(21,22)23/h1-6H,7H2,(H2,24,26,27). The van der Waals surface area contributed by atoms with Gasteiger partial charge in [-0.25, -0.2) is 26.7 Å². The Morgan fingerprint density at radius 3 is 2.00 bits per heavy atom. The van der Waals surface area contributed by atoms with Crippen LogP contribution >= 0.6 is 0 Å². The summed E-state index contributed by atoms with van der Waals surface area (Å²) >= 11 is 0. The van der Waals surface area contributed by atoms with Crippen LogP contribution in [0.15, 0.2) is 45.8 Å². The lowest BCUT2D eigenvalue weighted by Gasteiger charge is -2.09. The molecule has 0 atom stereocenters. The quantitative estimate of drug-likeness (QED) is 0.614. The summed E-state index contributed by atoms with van der Waals surface area (Å²) in [5, 5.41) is 8.33. The summed E-state index contributed by atoms with van der Waals surface area (Å²) < 4.78 is 107. The minimum Gasteiger partial charge on any atom is -0.357 e. The molecule has 0 aliphatic carbocycles. The zero-order chi connectivity index (χ0) is 21.6. The van der Waals surface area contributed by atoms with Gasteiger partial charge in [-0.2, -0.15) is 13.2 Å². The predicted octanol–water partition coefficient (Wildman–Crippen LogP) is 4.42. The van der Waals surface area contributed by atoms with E-state index < -0.39 is 50.7 Å². The Bertz CT molecular complexity index is 1150. The second kappa shape index (κ2) is 7.19. The van der Waals surface area contributed by atoms with Gasteiger partial charge in [0.05, 0.1) is 11.1 Å². The number of nitrogens with zero attached hydrogens (tertiary/aromatic N) is 1. The molecular weight excluding hydrogens is 426 g/mol. The van der Waals surface area contributed by atoms with Gasteiger partial charge in [0.1, 0.15) is 17.3 Å². The topological polar surface area (TPSA) is 86.2 Å². The van der Waals surface area contributed by atoms with Gasteiger partial charge in [-0.3, -0.25) is 0 Å². The van der Waals surface area contributed by atoms with E-state index in [-0.39, 0.29) is 22.4 Å². The van der Waals surface area contributed by atoms with Gasteiger partial charge >= 0.3 is 6.18 Å². The highest BCUT2D eigenvalue weighted by atomic mass is 32.2. The maximum absolute atomic E-state index is 14.2. The van der Waals surface area contributed by atoms with Crippen LogP contribution in [0, 0.1) is 11.6 Å². The first-order valence-corrected chi connectivity index (χ1v) is 9.22. The lowest BCUT2D eigenvalue weighted by atomic mass is 9.98. The van der Waals surface area contributed by atoms with Crippen molar-refractivity contribution in [2.45, 2.75) is 17.7 Å². The molecule has 3 aromatic rings. The number of primary sulfonamides is 1. The van der Waals surface area contributed by atoms with Crippen molar-refractivity contribution in [2.75, 3.05) is 0 Å². The largest absolute Gasteiger partial charge is 0.416 e. The molecule has 0 saturated heterocycles. The molecule has 12 heteroatoms. The number of alkyl halides is 4. The van der Waals surface area contributed by atoms with Crippen LogP contribution in [0.25, 0.3) is 22.4 Å². The van der Waals surface area contributed by atoms with Gasteiger partial charge in [0.25, 0.3) is 0 Å². The minimum atomic E-state index is -4.72. The van der Waals surface area contributed by atoms with Gasteiger partial charge in [-0.1, -0.05) is 17.3 Å². The normalized spacial score (nSPS) is 12.4. The van der Waals surface area contributed by atoms with Crippen LogP contribution in [0.2, 0.25) is 0 Å². The van der Waals surface area contributed by atoms with Gasteiger partial charge in [0, 0.05) is 5.56 Å². The van der Waals surface area contributed by atoms with E-state index in [9.17, 15) is 34.8 Å². The number of sulfonamides is 1. The Balaban J connectivity index is 2.18. The van der Waals surface area contributed by atoms with E-state index in [2.05, 4.69) is 5.16 Å². The molecule has 1 heterocycles. The van der Waals surface area contributed by atoms with Crippen molar-refractivity contribution >= 4 is 10.0 Å². The molecular formula is C17H10F6N2O3S. The molecule has 0 saturated carbocycles. The number of hydrogen-bond acceptors (Lipinski definition) is 4. The summed E-state index contributed by atoms with van der Waals surface area (Å²) in [5.41, 5.74) is -1.67. The van der Waals surface area contributed by atoms with Crippen LogP contribution in [-0.4, -0.2) is 13.6 Å². The minimum absolute atomic E-state index is 0.0489. The van der Waals surface area contributed by atoms with Crippen molar-refractivity contribution in [3.05, 3.63) is 59.4 Å². The summed E-state index contributed by atoms with van der Waals surface area (Å²) in [7, 11) is -4.72. The highest BCUT2D eigenvalue weighted by Gasteiger charge is 2.31. The van der Waals surface area contributed by atoms with Crippen molar-refractivity contribution in [2.24, 2.45) is 5.14 Å². The first kappa shape index (κ1) is 20.9. The summed E-state index contributed by atoms with van der Waals surface area (Å²) in [6, 6.07) is 4.71. The fraction of sp³-hybridized carbons (Fsp3) is 0.118. The molecule has 3 rings (SSSR count). The Labute approximate surface area is 159 Å². The Morgan fingerprint density at radius 1 is 1.00 bits per heavy atom. The third-order valence-corrected chi connectivity index (χ3v) is 4.90. The van der Waals surface area contributed by atoms with Gasteiger partial charge in [-0.05, 0) is 29.8 Å². The molecule has 0 radical (unpaired) electrons. The highest BCUT2D eigenvalue weighted by Crippen LogP contribution is 2.38. The van der Waals surface area contributed by atoms with E-state index in [1.54, 1.807) is 0 Å². The van der Waals surface area contributed by atoms with Crippen molar-refractivity contribution in [3.8, 4) is 22.4 Å². The van der Waals surface area contributed by atoms with E-state index in [0.717, 1.165) is 24.3 Å². The molecule has 0 amide bonds. The van der Waals surface area contributed by atoms with Gasteiger partial charge in [0.2, 0.25) is 10.0 Å². The molecule has 154 valence electrons. The van der Waals surface area contributed by atoms with Crippen molar-refractivity contribution in [1.29, 1.82) is 0 Å². The first-order valence-electron chi connectivity index (χ1n) is 7.68. The van der Waals surface area contributed by atoms with Gasteiger partial charge in [0.15, 0.2) is 17.3 Å². The smallest absolute Gasteiger partial charge is 0.357 e. The Kier molecular flexibility index (Phi) is 5.17. The molecule has 0 aliphatic heterocycles. The lowest BCUT2D eigenvalue weighted by molar-refractivity contribution is -0.137. The van der Waals surface area contributed by atoms with E-state index >= 15 is 0 Å². The molecule has 2 aromatic carbocycles. The number of hydrogen-bond donors (Lipinski definition) is 1. The monoisotopic (exact) mass is 436 g/mol. The third kappa shape index (κ3) is 3.98. The predicted molar refractivity (Wildman–Crippen MR) is 88.5 cm³/mol. The molecule has 0 fully saturated rings. The summed E-state index contributed by atoms with van der Waals surface area (Å²) in [5.74, 6) is -3.53. The number of rotatable bonds is 4. The highest BCUT2D eigenvalue weighted by molar-refractivity contribution is 7.89. The average Bonchev–Trinajstić information content (AvgIpc) is 3.03. The average molecular weight is 436 g/mol. The van der Waals surface area contributed by atoms with Crippen LogP contribution < -0.4 is 5.14 Å². The number of aromatic nitrogens is 1. The molecule has 0 aliphatic rings. The van der Waals surface area contributed by atoms with Gasteiger partial charge in [-0.15, -0.1) is 0 Å². The van der Waals surface area contributed by atoms with Crippen molar-refractivity contribution < 1.29 is 39.3 Å². The molecule has 0 bridgehead atoms. The van der Waals surface area contributed by atoms with Crippen LogP contribution in [-0.2, 0) is 22.9 Å². The SMILES string of the molecule is NS(=O)(=O)c1c(F)cc(-c2c(-c3ccc(C(F)(F)F)cc3)noc2CF)cc1F. The van der Waals surface area contributed by atoms with Crippen molar-refractivity contribution in [1.82, 2.24) is 5.16 Å². The fourth-order valence-electron chi connectivity index (χ4n) is 2.70. The van der Waals surface area contributed by atoms with Crippen LogP contribution in [0.3, 0.4) is 0 Å². The third-order valence-electron chi connectivity index (χ3n) is 3.94. The number of halogens is 6.